The topological polar surface area (TPSA) is 171 Å². The van der Waals surface area contributed by atoms with Gasteiger partial charge >= 0.3 is 6.18 Å². The number of imidazole rings is 1. The second kappa shape index (κ2) is 12.4. The maximum atomic E-state index is 14.0. The number of halogens is 7. The van der Waals surface area contributed by atoms with E-state index in [1.807, 2.05) is 0 Å². The Morgan fingerprint density at radius 1 is 1.21 bits per heavy atom. The fraction of sp³-hybridized carbons (Fsp3) is 0.593. The van der Waals surface area contributed by atoms with E-state index in [-0.39, 0.29) is 43.4 Å². The minimum absolute atomic E-state index is 0.0115. The standard InChI is InChI=1S/C27H28F7N11O3/c1-44-17(39-42-43-44)4-5-25(10-16(27(32,33)34)37-24(25)47)9-13-8-18-36-15(12-45(18)35-11-13)19(14-2-6-26(30,31)7-3-14)38-23(46)21-20(22(28)29)40-48-41-21/h8,11-12,14,16,19,22H,2-7,9-10H2,1H3,(H,37,47)(H,38,46)/t16-,19-,25+/m0/s1. The first-order valence-corrected chi connectivity index (χ1v) is 14.9. The van der Waals surface area contributed by atoms with Gasteiger partial charge in [-0.05, 0) is 70.4 Å². The Bertz CT molecular complexity index is 1800. The molecule has 4 aromatic rings. The predicted molar refractivity (Wildman–Crippen MR) is 145 cm³/mol. The average molecular weight is 688 g/mol. The van der Waals surface area contributed by atoms with Crippen molar-refractivity contribution in [3.05, 3.63) is 46.9 Å². The molecular weight excluding hydrogens is 659 g/mol. The van der Waals surface area contributed by atoms with Crippen molar-refractivity contribution in [1.29, 1.82) is 0 Å². The number of rotatable bonds is 10. The predicted octanol–water partition coefficient (Wildman–Crippen LogP) is 3.48. The maximum Gasteiger partial charge on any atom is 0.408 e. The Kier molecular flexibility index (Phi) is 8.56. The molecule has 1 saturated heterocycles. The van der Waals surface area contributed by atoms with Crippen LogP contribution in [0.4, 0.5) is 30.7 Å². The number of nitrogens with zero attached hydrogens (tertiary/aromatic N) is 9. The molecule has 0 unspecified atom stereocenters. The smallest absolute Gasteiger partial charge is 0.344 e. The van der Waals surface area contributed by atoms with E-state index in [4.69, 9.17) is 0 Å². The van der Waals surface area contributed by atoms with Crippen molar-refractivity contribution >= 4 is 17.5 Å². The zero-order chi connectivity index (χ0) is 34.4. The van der Waals surface area contributed by atoms with Crippen LogP contribution in [-0.2, 0) is 24.7 Å². The van der Waals surface area contributed by atoms with Crippen LogP contribution in [0.3, 0.4) is 0 Å². The highest BCUT2D eigenvalue weighted by Gasteiger charge is 2.55. The molecule has 3 atom stereocenters. The fourth-order valence-electron chi connectivity index (χ4n) is 6.42. The van der Waals surface area contributed by atoms with Crippen molar-refractivity contribution in [1.82, 2.24) is 55.8 Å². The lowest BCUT2D eigenvalue weighted by atomic mass is 9.75. The van der Waals surface area contributed by atoms with Gasteiger partial charge in [-0.25, -0.2) is 36.4 Å². The Balaban J connectivity index is 1.30. The second-order valence-corrected chi connectivity index (χ2v) is 12.2. The van der Waals surface area contributed by atoms with Crippen molar-refractivity contribution in [3.63, 3.8) is 0 Å². The molecule has 258 valence electrons. The highest BCUT2D eigenvalue weighted by molar-refractivity contribution is 5.93. The van der Waals surface area contributed by atoms with Gasteiger partial charge in [0.2, 0.25) is 17.5 Å². The first-order valence-electron chi connectivity index (χ1n) is 14.9. The molecule has 0 spiro atoms. The van der Waals surface area contributed by atoms with Gasteiger partial charge in [0.25, 0.3) is 12.3 Å². The molecule has 2 fully saturated rings. The molecular formula is C27H28F7N11O3. The van der Waals surface area contributed by atoms with Gasteiger partial charge in [0.05, 0.1) is 29.5 Å². The highest BCUT2D eigenvalue weighted by Crippen LogP contribution is 2.44. The minimum Gasteiger partial charge on any atom is -0.344 e. The lowest BCUT2D eigenvalue weighted by Gasteiger charge is -2.33. The number of fused-ring (bicyclic) bond motifs is 1. The Hall–Kier alpha value is -4.72. The van der Waals surface area contributed by atoms with Crippen molar-refractivity contribution in [2.75, 3.05) is 0 Å². The summed E-state index contributed by atoms with van der Waals surface area (Å²) in [5.74, 6) is -4.97. The van der Waals surface area contributed by atoms with Crippen LogP contribution in [0.5, 0.6) is 0 Å². The van der Waals surface area contributed by atoms with Crippen LogP contribution >= 0.6 is 0 Å². The van der Waals surface area contributed by atoms with Gasteiger partial charge in [-0.3, -0.25) is 9.59 Å². The van der Waals surface area contributed by atoms with Gasteiger partial charge in [-0.15, -0.1) is 5.10 Å². The Morgan fingerprint density at radius 2 is 1.96 bits per heavy atom. The number of tetrazole rings is 1. The van der Waals surface area contributed by atoms with Crippen LogP contribution in [0.25, 0.3) is 5.65 Å². The molecule has 1 aliphatic heterocycles. The lowest BCUT2D eigenvalue weighted by Crippen LogP contribution is -2.39. The molecule has 2 N–H and O–H groups in total. The number of aryl methyl sites for hydroxylation is 2. The molecule has 2 aliphatic rings. The van der Waals surface area contributed by atoms with E-state index in [0.29, 0.717) is 11.4 Å². The quantitative estimate of drug-likeness (QED) is 0.235. The molecule has 4 aromatic heterocycles. The number of carbonyl (C=O) groups is 2. The van der Waals surface area contributed by atoms with Gasteiger partial charge in [0.15, 0.2) is 17.2 Å². The van der Waals surface area contributed by atoms with E-state index < -0.39 is 84.4 Å². The molecule has 2 amide bonds. The number of aromatic nitrogens is 9. The number of hydrogen-bond acceptors (Lipinski definition) is 10. The molecule has 0 aromatic carbocycles. The number of amides is 2. The van der Waals surface area contributed by atoms with E-state index >= 15 is 0 Å². The Morgan fingerprint density at radius 3 is 2.60 bits per heavy atom. The van der Waals surface area contributed by atoms with Crippen LogP contribution in [0.2, 0.25) is 0 Å². The van der Waals surface area contributed by atoms with Crippen LogP contribution in [0.15, 0.2) is 23.1 Å². The molecule has 48 heavy (non-hydrogen) atoms. The monoisotopic (exact) mass is 687 g/mol. The number of hydrogen-bond donors (Lipinski definition) is 2. The molecule has 1 saturated carbocycles. The summed E-state index contributed by atoms with van der Waals surface area (Å²) in [7, 11) is 1.57. The summed E-state index contributed by atoms with van der Waals surface area (Å²) in [6.45, 7) is 0. The van der Waals surface area contributed by atoms with E-state index in [1.54, 1.807) is 7.05 Å². The van der Waals surface area contributed by atoms with Gasteiger partial charge in [-0.2, -0.15) is 18.3 Å². The van der Waals surface area contributed by atoms with Crippen molar-refractivity contribution in [3.8, 4) is 0 Å². The molecule has 0 radical (unpaired) electrons. The zero-order valence-electron chi connectivity index (χ0n) is 25.1. The van der Waals surface area contributed by atoms with Gasteiger partial charge < -0.3 is 10.6 Å². The summed E-state index contributed by atoms with van der Waals surface area (Å²) in [5.41, 5.74) is -2.54. The molecule has 6 rings (SSSR count). The second-order valence-electron chi connectivity index (χ2n) is 12.2. The lowest BCUT2D eigenvalue weighted by molar-refractivity contribution is -0.155. The SMILES string of the molecule is Cn1nnnc1CC[C@@]1(Cc2cnn3cc([C@@H](NC(=O)c4nonc4C(F)F)C4CCC(F)(F)CC4)nc3c2)C[C@@H](C(F)(F)F)NC1=O. The normalized spacial score (nSPS) is 22.4. The molecule has 14 nitrogen and oxygen atoms in total. The summed E-state index contributed by atoms with van der Waals surface area (Å²) in [6, 6.07) is -1.59. The van der Waals surface area contributed by atoms with Crippen molar-refractivity contribution in [2.45, 2.75) is 82.0 Å². The summed E-state index contributed by atoms with van der Waals surface area (Å²) in [6.07, 6.45) is -6.64. The largest absolute Gasteiger partial charge is 0.408 e. The van der Waals surface area contributed by atoms with Crippen LogP contribution < -0.4 is 10.6 Å². The van der Waals surface area contributed by atoms with Crippen molar-refractivity contribution < 1.29 is 45.0 Å². The number of nitrogens with one attached hydrogen (secondary N) is 2. The highest BCUT2D eigenvalue weighted by atomic mass is 19.4. The summed E-state index contributed by atoms with van der Waals surface area (Å²) in [5, 5.41) is 26.4. The zero-order valence-corrected chi connectivity index (χ0v) is 25.1. The maximum absolute atomic E-state index is 14.0. The molecule has 0 bridgehead atoms. The number of carbonyl (C=O) groups excluding carboxylic acids is 2. The third-order valence-corrected chi connectivity index (χ3v) is 9.02. The van der Waals surface area contributed by atoms with Crippen LogP contribution in [0, 0.1) is 11.3 Å². The number of alkyl halides is 7. The minimum atomic E-state index is -4.68. The average Bonchev–Trinajstić information content (AvgIpc) is 3.81. The van der Waals surface area contributed by atoms with Gasteiger partial charge in [0.1, 0.15) is 6.04 Å². The first kappa shape index (κ1) is 33.2. The van der Waals surface area contributed by atoms with E-state index in [1.165, 1.54) is 27.7 Å². The Labute approximate surface area is 265 Å². The molecule has 1 aliphatic carbocycles. The summed E-state index contributed by atoms with van der Waals surface area (Å²) < 4.78 is 103. The fourth-order valence-corrected chi connectivity index (χ4v) is 6.42. The van der Waals surface area contributed by atoms with E-state index in [0.717, 1.165) is 0 Å². The van der Waals surface area contributed by atoms with Crippen LogP contribution in [-0.4, -0.2) is 75.1 Å². The molecule has 5 heterocycles. The van der Waals surface area contributed by atoms with Crippen molar-refractivity contribution in [2.24, 2.45) is 18.4 Å². The van der Waals surface area contributed by atoms with E-state index in [2.05, 4.69) is 51.2 Å². The summed E-state index contributed by atoms with van der Waals surface area (Å²) >= 11 is 0. The first-order chi connectivity index (χ1) is 22.6. The van der Waals surface area contributed by atoms with Gasteiger partial charge in [0, 0.05) is 26.3 Å². The third kappa shape index (κ3) is 6.66. The summed E-state index contributed by atoms with van der Waals surface area (Å²) in [4.78, 5) is 30.7. The van der Waals surface area contributed by atoms with Gasteiger partial charge in [-0.1, -0.05) is 0 Å². The van der Waals surface area contributed by atoms with Crippen LogP contribution in [0.1, 0.15) is 84.3 Å². The van der Waals surface area contributed by atoms with E-state index in [9.17, 15) is 40.3 Å². The third-order valence-electron chi connectivity index (χ3n) is 9.02. The molecule has 21 heteroatoms.